The van der Waals surface area contributed by atoms with Crippen molar-refractivity contribution in [3.63, 3.8) is 0 Å². The number of pyridine rings is 1. The molecule has 11 heteroatoms. The average Bonchev–Trinajstić information content (AvgIpc) is 2.90. The normalized spacial score (nSPS) is 18.7. The summed E-state index contributed by atoms with van der Waals surface area (Å²) in [4.78, 5) is 21.5. The molecule has 0 radical (unpaired) electrons. The smallest absolute Gasteiger partial charge is 0.259 e. The standard InChI is InChI=1S/C27H36N4O6S/c1-19-16-31(20(2)18-32)27(33)24-13-21(9-8-12-29(3)4)15-28-26(24)37-25(19)17-30(5)38(34,35)23-11-7-10-22(14-23)36-6/h7,10-11,13-15,19-20,25,32H,12,16-18H2,1-6H3/t19-,20+,25+/m1/s1. The zero-order valence-electron chi connectivity index (χ0n) is 22.7. The molecule has 2 aromatic rings. The van der Waals surface area contributed by atoms with Gasteiger partial charge in [-0.2, -0.15) is 4.31 Å². The minimum absolute atomic E-state index is 0.0156. The lowest BCUT2D eigenvalue weighted by Gasteiger charge is -2.37. The monoisotopic (exact) mass is 544 g/mol. The highest BCUT2D eigenvalue weighted by Crippen LogP contribution is 2.28. The molecule has 0 spiro atoms. The Hall–Kier alpha value is -3.17. The minimum Gasteiger partial charge on any atom is -0.497 e. The number of aliphatic hydroxyl groups excluding tert-OH is 1. The molecule has 1 aliphatic heterocycles. The first-order chi connectivity index (χ1) is 18.0. The quantitative estimate of drug-likeness (QED) is 0.498. The van der Waals surface area contributed by atoms with Crippen LogP contribution in [0.5, 0.6) is 11.6 Å². The summed E-state index contributed by atoms with van der Waals surface area (Å²) < 4.78 is 39.3. The first kappa shape index (κ1) is 29.4. The summed E-state index contributed by atoms with van der Waals surface area (Å²) in [6.07, 6.45) is 0.910. The molecule has 1 aromatic heterocycles. The first-order valence-corrected chi connectivity index (χ1v) is 13.7. The molecule has 0 fully saturated rings. The third kappa shape index (κ3) is 6.82. The van der Waals surface area contributed by atoms with E-state index >= 15 is 0 Å². The van der Waals surface area contributed by atoms with Crippen molar-refractivity contribution in [3.8, 4) is 23.5 Å². The maximum Gasteiger partial charge on any atom is 0.259 e. The predicted molar refractivity (Wildman–Crippen MR) is 144 cm³/mol. The number of aliphatic hydroxyl groups is 1. The molecule has 1 aliphatic rings. The maximum absolute atomic E-state index is 13.5. The summed E-state index contributed by atoms with van der Waals surface area (Å²) in [7, 11) is 2.93. The summed E-state index contributed by atoms with van der Waals surface area (Å²) in [6.45, 7) is 4.24. The SMILES string of the molecule is COc1cccc(S(=O)(=O)N(C)C[C@@H]2Oc3ncc(C#CCN(C)C)cc3C(=O)N([C@@H](C)CO)C[C@H]2C)c1. The lowest BCUT2D eigenvalue weighted by molar-refractivity contribution is 0.0373. The molecule has 1 N–H and O–H groups in total. The fourth-order valence-corrected chi connectivity index (χ4v) is 5.20. The molecule has 1 aromatic carbocycles. The van der Waals surface area contributed by atoms with Gasteiger partial charge in [0.15, 0.2) is 0 Å². The van der Waals surface area contributed by atoms with Crippen molar-refractivity contribution in [1.82, 2.24) is 19.1 Å². The number of hydrogen-bond donors (Lipinski definition) is 1. The molecule has 206 valence electrons. The summed E-state index contributed by atoms with van der Waals surface area (Å²) in [5.41, 5.74) is 0.777. The van der Waals surface area contributed by atoms with E-state index in [1.165, 1.54) is 36.8 Å². The zero-order valence-corrected chi connectivity index (χ0v) is 23.5. The molecule has 1 amide bonds. The Bertz CT molecular complexity index is 1300. The van der Waals surface area contributed by atoms with E-state index in [2.05, 4.69) is 16.8 Å². The first-order valence-electron chi connectivity index (χ1n) is 12.3. The molecule has 3 rings (SSSR count). The number of fused-ring (bicyclic) bond motifs is 1. The fourth-order valence-electron chi connectivity index (χ4n) is 3.98. The van der Waals surface area contributed by atoms with Crippen molar-refractivity contribution >= 4 is 15.9 Å². The summed E-state index contributed by atoms with van der Waals surface area (Å²) >= 11 is 0. The lowest BCUT2D eigenvalue weighted by atomic mass is 10.0. The van der Waals surface area contributed by atoms with Gasteiger partial charge in [-0.3, -0.25) is 9.69 Å². The van der Waals surface area contributed by atoms with E-state index in [1.807, 2.05) is 25.9 Å². The van der Waals surface area contributed by atoms with E-state index in [0.29, 0.717) is 17.9 Å². The van der Waals surface area contributed by atoms with Crippen LogP contribution in [0.3, 0.4) is 0 Å². The van der Waals surface area contributed by atoms with Crippen molar-refractivity contribution in [2.75, 3.05) is 54.5 Å². The van der Waals surface area contributed by atoms with Gasteiger partial charge in [0.25, 0.3) is 5.91 Å². The van der Waals surface area contributed by atoms with Gasteiger partial charge in [-0.15, -0.1) is 0 Å². The number of aromatic nitrogens is 1. The maximum atomic E-state index is 13.5. The molecule has 0 bridgehead atoms. The molecule has 10 nitrogen and oxygen atoms in total. The molecule has 0 unspecified atom stereocenters. The third-order valence-corrected chi connectivity index (χ3v) is 8.15. The second-order valence-electron chi connectivity index (χ2n) is 9.70. The van der Waals surface area contributed by atoms with Gasteiger partial charge >= 0.3 is 0 Å². The van der Waals surface area contributed by atoms with Crippen molar-refractivity contribution < 1.29 is 27.8 Å². The Kier molecular flexibility index (Phi) is 9.73. The number of carbonyl (C=O) groups is 1. The molecule has 38 heavy (non-hydrogen) atoms. The Labute approximate surface area is 225 Å². The minimum atomic E-state index is -3.85. The van der Waals surface area contributed by atoms with Crippen LogP contribution in [0.1, 0.15) is 29.8 Å². The van der Waals surface area contributed by atoms with Crippen molar-refractivity contribution in [1.29, 1.82) is 0 Å². The second-order valence-corrected chi connectivity index (χ2v) is 11.7. The van der Waals surface area contributed by atoms with Gasteiger partial charge in [0.05, 0.1) is 37.7 Å². The molecular formula is C27H36N4O6S. The molecule has 3 atom stereocenters. The van der Waals surface area contributed by atoms with E-state index < -0.39 is 22.2 Å². The van der Waals surface area contributed by atoms with E-state index in [4.69, 9.17) is 9.47 Å². The van der Waals surface area contributed by atoms with Gasteiger partial charge in [0.1, 0.15) is 17.4 Å². The highest BCUT2D eigenvalue weighted by molar-refractivity contribution is 7.89. The highest BCUT2D eigenvalue weighted by atomic mass is 32.2. The van der Waals surface area contributed by atoms with Crippen LogP contribution in [-0.2, 0) is 10.0 Å². The van der Waals surface area contributed by atoms with E-state index in [1.54, 1.807) is 30.0 Å². The molecule has 0 aliphatic carbocycles. The van der Waals surface area contributed by atoms with Crippen molar-refractivity contribution in [2.45, 2.75) is 30.9 Å². The number of methoxy groups -OCH3 is 1. The Morgan fingerprint density at radius 3 is 2.68 bits per heavy atom. The van der Waals surface area contributed by atoms with Crippen LogP contribution < -0.4 is 9.47 Å². The number of amides is 1. The van der Waals surface area contributed by atoms with Crippen LogP contribution in [0.4, 0.5) is 0 Å². The average molecular weight is 545 g/mol. The van der Waals surface area contributed by atoms with Gasteiger partial charge < -0.3 is 19.5 Å². The predicted octanol–water partition coefficient (Wildman–Crippen LogP) is 1.54. The van der Waals surface area contributed by atoms with Crippen molar-refractivity contribution in [2.24, 2.45) is 5.92 Å². The topological polar surface area (TPSA) is 113 Å². The summed E-state index contributed by atoms with van der Waals surface area (Å²) in [5.74, 6) is 5.98. The van der Waals surface area contributed by atoms with Gasteiger partial charge in [-0.25, -0.2) is 13.4 Å². The number of rotatable bonds is 8. The Balaban J connectivity index is 1.97. The number of nitrogens with zero attached hydrogens (tertiary/aromatic N) is 4. The highest BCUT2D eigenvalue weighted by Gasteiger charge is 2.36. The zero-order chi connectivity index (χ0) is 28.0. The lowest BCUT2D eigenvalue weighted by Crippen LogP contribution is -2.50. The largest absolute Gasteiger partial charge is 0.497 e. The molecular weight excluding hydrogens is 508 g/mol. The summed E-state index contributed by atoms with van der Waals surface area (Å²) in [5, 5.41) is 9.85. The molecule has 0 saturated heterocycles. The molecule has 2 heterocycles. The number of benzene rings is 1. The van der Waals surface area contributed by atoms with Crippen LogP contribution in [-0.4, -0.2) is 105 Å². The third-order valence-electron chi connectivity index (χ3n) is 6.34. The van der Waals surface area contributed by atoms with Gasteiger partial charge in [-0.05, 0) is 39.2 Å². The number of carbonyl (C=O) groups excluding carboxylic acids is 1. The van der Waals surface area contributed by atoms with Gasteiger partial charge in [0, 0.05) is 37.3 Å². The number of hydrogen-bond acceptors (Lipinski definition) is 8. The Morgan fingerprint density at radius 2 is 2.03 bits per heavy atom. The fraction of sp³-hybridized carbons (Fsp3) is 0.481. The van der Waals surface area contributed by atoms with Crippen LogP contribution in [0, 0.1) is 17.8 Å². The second kappa shape index (κ2) is 12.6. The number of likely N-dealkylation sites (N-methyl/N-ethyl adjacent to an activating group) is 1. The van der Waals surface area contributed by atoms with Gasteiger partial charge in [-0.1, -0.05) is 24.8 Å². The van der Waals surface area contributed by atoms with Gasteiger partial charge in [0.2, 0.25) is 15.9 Å². The summed E-state index contributed by atoms with van der Waals surface area (Å²) in [6, 6.07) is 7.44. The van der Waals surface area contributed by atoms with E-state index in [9.17, 15) is 18.3 Å². The Morgan fingerprint density at radius 1 is 1.29 bits per heavy atom. The van der Waals surface area contributed by atoms with Crippen LogP contribution in [0.25, 0.3) is 0 Å². The van der Waals surface area contributed by atoms with Crippen LogP contribution in [0.15, 0.2) is 41.4 Å². The van der Waals surface area contributed by atoms with Crippen LogP contribution >= 0.6 is 0 Å². The van der Waals surface area contributed by atoms with Crippen molar-refractivity contribution in [3.05, 3.63) is 47.7 Å². The number of ether oxygens (including phenoxy) is 2. The van der Waals surface area contributed by atoms with E-state index in [0.717, 1.165) is 0 Å². The molecule has 0 saturated carbocycles. The van der Waals surface area contributed by atoms with E-state index in [-0.39, 0.29) is 47.9 Å². The van der Waals surface area contributed by atoms with Crippen LogP contribution in [0.2, 0.25) is 0 Å². The number of sulfonamides is 1.